The summed E-state index contributed by atoms with van der Waals surface area (Å²) in [5.74, 6) is -1.42. The first-order valence-electron chi connectivity index (χ1n) is 10.2. The Kier molecular flexibility index (Phi) is 7.54. The van der Waals surface area contributed by atoms with Crippen LogP contribution in [-0.4, -0.2) is 56.1 Å². The fourth-order valence-electron chi connectivity index (χ4n) is 3.63. The van der Waals surface area contributed by atoms with Crippen LogP contribution in [-0.2, 0) is 4.74 Å². The molecule has 2 amide bonds. The third-order valence-electron chi connectivity index (χ3n) is 5.41. The number of ether oxygens (including phenoxy) is 1. The zero-order valence-electron chi connectivity index (χ0n) is 17.4. The number of carbonyl (C=O) groups excluding carboxylic acids is 2. The smallest absolute Gasteiger partial charge is 0.258 e. The van der Waals surface area contributed by atoms with E-state index >= 15 is 0 Å². The number of halogens is 1. The number of hydrogen-bond acceptors (Lipinski definition) is 4. The van der Waals surface area contributed by atoms with Crippen molar-refractivity contribution >= 4 is 17.5 Å². The number of para-hydroxylation sites is 1. The van der Waals surface area contributed by atoms with E-state index in [0.717, 1.165) is 38.0 Å². The molecule has 0 spiro atoms. The second kappa shape index (κ2) is 10.3. The third-order valence-corrected chi connectivity index (χ3v) is 5.41. The molecule has 1 aliphatic rings. The van der Waals surface area contributed by atoms with Gasteiger partial charge in [0, 0.05) is 32.8 Å². The van der Waals surface area contributed by atoms with Crippen LogP contribution in [0.2, 0.25) is 0 Å². The summed E-state index contributed by atoms with van der Waals surface area (Å²) in [6.07, 6.45) is 1.72. The molecule has 0 bridgehead atoms. The van der Waals surface area contributed by atoms with Crippen LogP contribution < -0.4 is 10.6 Å². The Hall–Kier alpha value is -2.77. The van der Waals surface area contributed by atoms with Crippen LogP contribution in [0.4, 0.5) is 10.1 Å². The lowest BCUT2D eigenvalue weighted by atomic mass is 10.0. The van der Waals surface area contributed by atoms with E-state index in [2.05, 4.69) is 15.5 Å². The molecule has 30 heavy (non-hydrogen) atoms. The topological polar surface area (TPSA) is 70.7 Å². The Morgan fingerprint density at radius 3 is 2.47 bits per heavy atom. The highest BCUT2D eigenvalue weighted by Gasteiger charge is 2.23. The van der Waals surface area contributed by atoms with Gasteiger partial charge < -0.3 is 20.3 Å². The van der Waals surface area contributed by atoms with Gasteiger partial charge in [0.1, 0.15) is 5.82 Å². The number of likely N-dealkylation sites (tertiary alicyclic amines) is 1. The SMILES string of the molecule is COCCN1CCC(NC(=O)c2cccc(C)c2NC(=O)c2ccccc2F)CC1. The standard InChI is InChI=1S/C23H28FN3O3/c1-16-6-5-8-19(21(16)26-22(28)18-7-3-4-9-20(18)24)23(29)25-17-10-12-27(13-11-17)14-15-30-2/h3-9,17H,10-15H2,1-2H3,(H,25,29)(H,26,28). The summed E-state index contributed by atoms with van der Waals surface area (Å²) in [5.41, 5.74) is 1.46. The van der Waals surface area contributed by atoms with Gasteiger partial charge in [-0.3, -0.25) is 9.59 Å². The van der Waals surface area contributed by atoms with Crippen LogP contribution in [0, 0.1) is 12.7 Å². The van der Waals surface area contributed by atoms with E-state index in [1.165, 1.54) is 18.2 Å². The monoisotopic (exact) mass is 413 g/mol. The molecule has 160 valence electrons. The number of nitrogens with zero attached hydrogens (tertiary/aromatic N) is 1. The van der Waals surface area contributed by atoms with Crippen LogP contribution in [0.25, 0.3) is 0 Å². The van der Waals surface area contributed by atoms with Crippen molar-refractivity contribution in [3.63, 3.8) is 0 Å². The van der Waals surface area contributed by atoms with E-state index in [1.54, 1.807) is 25.3 Å². The number of anilines is 1. The third kappa shape index (κ3) is 5.43. The molecule has 0 saturated carbocycles. The highest BCUT2D eigenvalue weighted by molar-refractivity contribution is 6.09. The number of methoxy groups -OCH3 is 1. The molecule has 1 heterocycles. The average Bonchev–Trinajstić information content (AvgIpc) is 2.74. The fraction of sp³-hybridized carbons (Fsp3) is 0.391. The highest BCUT2D eigenvalue weighted by atomic mass is 19.1. The summed E-state index contributed by atoms with van der Waals surface area (Å²) in [6, 6.07) is 11.1. The highest BCUT2D eigenvalue weighted by Crippen LogP contribution is 2.23. The van der Waals surface area contributed by atoms with Gasteiger partial charge >= 0.3 is 0 Å². The number of piperidine rings is 1. The predicted molar refractivity (Wildman–Crippen MR) is 114 cm³/mol. The minimum atomic E-state index is -0.602. The summed E-state index contributed by atoms with van der Waals surface area (Å²) < 4.78 is 19.1. The lowest BCUT2D eigenvalue weighted by molar-refractivity contribution is 0.0893. The van der Waals surface area contributed by atoms with Crippen molar-refractivity contribution in [3.8, 4) is 0 Å². The van der Waals surface area contributed by atoms with E-state index < -0.39 is 11.7 Å². The summed E-state index contributed by atoms with van der Waals surface area (Å²) in [6.45, 7) is 5.20. The lowest BCUT2D eigenvalue weighted by Gasteiger charge is -2.32. The Bertz CT molecular complexity index is 895. The number of nitrogens with one attached hydrogen (secondary N) is 2. The quantitative estimate of drug-likeness (QED) is 0.731. The molecule has 1 saturated heterocycles. The predicted octanol–water partition coefficient (Wildman–Crippen LogP) is 3.23. The van der Waals surface area contributed by atoms with Crippen molar-refractivity contribution < 1.29 is 18.7 Å². The first-order valence-corrected chi connectivity index (χ1v) is 10.2. The van der Waals surface area contributed by atoms with Gasteiger partial charge in [0.05, 0.1) is 23.4 Å². The Labute approximate surface area is 176 Å². The lowest BCUT2D eigenvalue weighted by Crippen LogP contribution is -2.45. The Morgan fingerprint density at radius 2 is 1.77 bits per heavy atom. The first-order chi connectivity index (χ1) is 14.5. The minimum Gasteiger partial charge on any atom is -0.383 e. The van der Waals surface area contributed by atoms with Crippen molar-refractivity contribution in [1.82, 2.24) is 10.2 Å². The van der Waals surface area contributed by atoms with E-state index in [1.807, 2.05) is 13.0 Å². The average molecular weight is 413 g/mol. The Balaban J connectivity index is 1.68. The largest absolute Gasteiger partial charge is 0.383 e. The molecule has 0 unspecified atom stereocenters. The number of aryl methyl sites for hydroxylation is 1. The van der Waals surface area contributed by atoms with Crippen LogP contribution >= 0.6 is 0 Å². The number of carbonyl (C=O) groups is 2. The molecular formula is C23H28FN3O3. The molecule has 7 heteroatoms. The van der Waals surface area contributed by atoms with E-state index in [9.17, 15) is 14.0 Å². The van der Waals surface area contributed by atoms with Gasteiger partial charge in [-0.15, -0.1) is 0 Å². The minimum absolute atomic E-state index is 0.0597. The van der Waals surface area contributed by atoms with Crippen LogP contribution in [0.15, 0.2) is 42.5 Å². The molecule has 6 nitrogen and oxygen atoms in total. The zero-order chi connectivity index (χ0) is 21.5. The number of hydrogen-bond donors (Lipinski definition) is 2. The molecule has 3 rings (SSSR count). The maximum atomic E-state index is 14.0. The summed E-state index contributed by atoms with van der Waals surface area (Å²) in [5, 5.41) is 5.80. The second-order valence-electron chi connectivity index (χ2n) is 7.51. The fourth-order valence-corrected chi connectivity index (χ4v) is 3.63. The van der Waals surface area contributed by atoms with E-state index in [0.29, 0.717) is 17.9 Å². The van der Waals surface area contributed by atoms with E-state index in [4.69, 9.17) is 4.74 Å². The van der Waals surface area contributed by atoms with Gasteiger partial charge in [0.25, 0.3) is 11.8 Å². The number of rotatable bonds is 7. The van der Waals surface area contributed by atoms with Crippen molar-refractivity contribution in [2.45, 2.75) is 25.8 Å². The molecule has 0 atom stereocenters. The normalized spacial score (nSPS) is 15.0. The number of benzene rings is 2. The Morgan fingerprint density at radius 1 is 1.07 bits per heavy atom. The number of amides is 2. The first kappa shape index (κ1) is 21.9. The van der Waals surface area contributed by atoms with Crippen molar-refractivity contribution in [1.29, 1.82) is 0 Å². The van der Waals surface area contributed by atoms with Gasteiger partial charge in [-0.2, -0.15) is 0 Å². The molecule has 2 N–H and O–H groups in total. The van der Waals surface area contributed by atoms with Gasteiger partial charge in [-0.25, -0.2) is 4.39 Å². The zero-order valence-corrected chi connectivity index (χ0v) is 17.4. The molecule has 0 radical (unpaired) electrons. The van der Waals surface area contributed by atoms with Crippen molar-refractivity contribution in [3.05, 3.63) is 65.0 Å². The maximum absolute atomic E-state index is 14.0. The van der Waals surface area contributed by atoms with Crippen molar-refractivity contribution in [2.24, 2.45) is 0 Å². The summed E-state index contributed by atoms with van der Waals surface area (Å²) in [4.78, 5) is 27.8. The van der Waals surface area contributed by atoms with Gasteiger partial charge in [-0.05, 0) is 43.5 Å². The maximum Gasteiger partial charge on any atom is 0.258 e. The molecule has 1 fully saturated rings. The van der Waals surface area contributed by atoms with Crippen LogP contribution in [0.3, 0.4) is 0 Å². The molecule has 2 aromatic carbocycles. The van der Waals surface area contributed by atoms with Crippen molar-refractivity contribution in [2.75, 3.05) is 38.7 Å². The van der Waals surface area contributed by atoms with Crippen LogP contribution in [0.1, 0.15) is 39.1 Å². The molecule has 0 aromatic heterocycles. The molecule has 1 aliphatic heterocycles. The molecular weight excluding hydrogens is 385 g/mol. The summed E-state index contributed by atoms with van der Waals surface area (Å²) >= 11 is 0. The van der Waals surface area contributed by atoms with Gasteiger partial charge in [0.15, 0.2) is 0 Å². The van der Waals surface area contributed by atoms with E-state index in [-0.39, 0.29) is 17.5 Å². The summed E-state index contributed by atoms with van der Waals surface area (Å²) in [7, 11) is 1.69. The van der Waals surface area contributed by atoms with Gasteiger partial charge in [0.2, 0.25) is 0 Å². The second-order valence-corrected chi connectivity index (χ2v) is 7.51. The molecule has 0 aliphatic carbocycles. The molecule has 2 aromatic rings. The van der Waals surface area contributed by atoms with Crippen LogP contribution in [0.5, 0.6) is 0 Å². The van der Waals surface area contributed by atoms with Gasteiger partial charge in [-0.1, -0.05) is 24.3 Å².